The van der Waals surface area contributed by atoms with Gasteiger partial charge in [-0.15, -0.1) is 0 Å². The number of ether oxygens (including phenoxy) is 2. The molecule has 6 heteroatoms. The molecule has 0 saturated carbocycles. The van der Waals surface area contributed by atoms with E-state index in [9.17, 15) is 14.7 Å². The van der Waals surface area contributed by atoms with Crippen molar-refractivity contribution in [3.8, 4) is 0 Å². The quantitative estimate of drug-likeness (QED) is 0.495. The van der Waals surface area contributed by atoms with Crippen molar-refractivity contribution in [2.24, 2.45) is 0 Å². The van der Waals surface area contributed by atoms with Gasteiger partial charge in [0, 0.05) is 29.6 Å². The second-order valence-corrected chi connectivity index (χ2v) is 7.26. The molecule has 3 rings (SSSR count). The zero-order valence-electron chi connectivity index (χ0n) is 15.5. The lowest BCUT2D eigenvalue weighted by Gasteiger charge is -2.23. The Morgan fingerprint density at radius 3 is 2.85 bits per heavy atom. The van der Waals surface area contributed by atoms with Gasteiger partial charge in [0.15, 0.2) is 5.76 Å². The topological polar surface area (TPSA) is 89.3 Å². The lowest BCUT2D eigenvalue weighted by atomic mass is 9.87. The van der Waals surface area contributed by atoms with Crippen LogP contribution in [-0.4, -0.2) is 34.7 Å². The van der Waals surface area contributed by atoms with Crippen molar-refractivity contribution in [1.29, 1.82) is 0 Å². The van der Waals surface area contributed by atoms with Gasteiger partial charge in [0.05, 0.1) is 24.1 Å². The van der Waals surface area contributed by atoms with Gasteiger partial charge in [-0.2, -0.15) is 0 Å². The van der Waals surface area contributed by atoms with Crippen molar-refractivity contribution in [3.05, 3.63) is 47.0 Å². The highest BCUT2D eigenvalue weighted by Gasteiger charge is 2.55. The number of epoxide rings is 1. The molecule has 0 unspecified atom stereocenters. The Balaban J connectivity index is 1.98. The predicted molar refractivity (Wildman–Crippen MR) is 93.7 cm³/mol. The molecule has 2 aliphatic rings. The Labute approximate surface area is 152 Å². The highest BCUT2D eigenvalue weighted by molar-refractivity contribution is 6.08. The first kappa shape index (κ1) is 18.6. The molecule has 1 aliphatic carbocycles. The van der Waals surface area contributed by atoms with Crippen LogP contribution in [0.2, 0.25) is 0 Å². The molecular weight excluding hydrogens is 336 g/mol. The lowest BCUT2D eigenvalue weighted by molar-refractivity contribution is -0.143. The number of hydrogen-bond acceptors (Lipinski definition) is 6. The standard InChI is InChI=1S/C20H24O6/c1-6-10(2)19(23)25-14-8-20(5)15(26-20)7-13(21)16-11(3)9-24-18(16)17(22)12(14)4/h6,9,13-15,21H,4,7-8H2,1-3,5H3/t13-,14+,15+,20+/m0/s1. The molecule has 140 valence electrons. The molecule has 6 nitrogen and oxygen atoms in total. The number of hydrogen-bond donors (Lipinski definition) is 1. The monoisotopic (exact) mass is 360 g/mol. The number of carbonyl (C=O) groups is 2. The van der Waals surface area contributed by atoms with Gasteiger partial charge in [0.1, 0.15) is 6.10 Å². The Morgan fingerprint density at radius 1 is 1.50 bits per heavy atom. The maximum absolute atomic E-state index is 12.9. The smallest absolute Gasteiger partial charge is 0.333 e. The van der Waals surface area contributed by atoms with Crippen LogP contribution in [0.5, 0.6) is 0 Å². The molecule has 1 fully saturated rings. The molecule has 0 aromatic carbocycles. The fraction of sp³-hybridized carbons (Fsp3) is 0.500. The number of ketones is 1. The van der Waals surface area contributed by atoms with Crippen molar-refractivity contribution >= 4 is 11.8 Å². The van der Waals surface area contributed by atoms with E-state index in [4.69, 9.17) is 13.9 Å². The first-order chi connectivity index (χ1) is 12.2. The van der Waals surface area contributed by atoms with Crippen LogP contribution in [0.1, 0.15) is 61.4 Å². The Kier molecular flexibility index (Phi) is 4.67. The van der Waals surface area contributed by atoms with E-state index in [1.165, 1.54) is 6.26 Å². The van der Waals surface area contributed by atoms with Gasteiger partial charge >= 0.3 is 5.97 Å². The third kappa shape index (κ3) is 3.15. The molecule has 1 saturated heterocycles. The number of aliphatic hydroxyl groups is 1. The molecule has 1 aromatic rings. The van der Waals surface area contributed by atoms with Crippen LogP contribution in [0.25, 0.3) is 0 Å². The molecule has 0 spiro atoms. The van der Waals surface area contributed by atoms with E-state index in [-0.39, 0.29) is 17.4 Å². The van der Waals surface area contributed by atoms with Crippen molar-refractivity contribution in [2.75, 3.05) is 0 Å². The number of allylic oxidation sites excluding steroid dienone is 1. The van der Waals surface area contributed by atoms with Crippen LogP contribution in [-0.2, 0) is 14.3 Å². The van der Waals surface area contributed by atoms with E-state index < -0.39 is 29.6 Å². The number of rotatable bonds is 2. The van der Waals surface area contributed by atoms with Crippen molar-refractivity contribution in [2.45, 2.75) is 64.4 Å². The molecule has 0 bridgehead atoms. The third-order valence-electron chi connectivity index (χ3n) is 5.31. The summed E-state index contributed by atoms with van der Waals surface area (Å²) in [5.74, 6) is -0.918. The maximum Gasteiger partial charge on any atom is 0.333 e. The van der Waals surface area contributed by atoms with E-state index >= 15 is 0 Å². The summed E-state index contributed by atoms with van der Waals surface area (Å²) in [6.45, 7) is 10.9. The van der Waals surface area contributed by atoms with Crippen LogP contribution in [0.4, 0.5) is 0 Å². The van der Waals surface area contributed by atoms with Crippen molar-refractivity contribution < 1.29 is 28.6 Å². The summed E-state index contributed by atoms with van der Waals surface area (Å²) >= 11 is 0. The highest BCUT2D eigenvalue weighted by atomic mass is 16.6. The number of aryl methyl sites for hydroxylation is 1. The molecule has 1 N–H and O–H groups in total. The summed E-state index contributed by atoms with van der Waals surface area (Å²) in [5.41, 5.74) is 1.13. The first-order valence-electron chi connectivity index (χ1n) is 8.69. The van der Waals surface area contributed by atoms with Gasteiger partial charge in [0.25, 0.3) is 0 Å². The summed E-state index contributed by atoms with van der Waals surface area (Å²) in [4.78, 5) is 25.1. The van der Waals surface area contributed by atoms with Gasteiger partial charge in [-0.1, -0.05) is 12.7 Å². The summed E-state index contributed by atoms with van der Waals surface area (Å²) in [5, 5.41) is 10.6. The summed E-state index contributed by atoms with van der Waals surface area (Å²) in [7, 11) is 0. The van der Waals surface area contributed by atoms with E-state index in [0.29, 0.717) is 29.5 Å². The molecule has 2 heterocycles. The van der Waals surface area contributed by atoms with E-state index in [0.717, 1.165) is 0 Å². The second-order valence-electron chi connectivity index (χ2n) is 7.26. The minimum absolute atomic E-state index is 0.0491. The minimum atomic E-state index is -0.864. The number of esters is 1. The fourth-order valence-electron chi connectivity index (χ4n) is 3.37. The number of aliphatic hydroxyl groups excluding tert-OH is 1. The number of fused-ring (bicyclic) bond motifs is 2. The average Bonchev–Trinajstić information content (AvgIpc) is 3.04. The number of furan rings is 1. The van der Waals surface area contributed by atoms with Crippen LogP contribution in [0.3, 0.4) is 0 Å². The second kappa shape index (κ2) is 6.52. The van der Waals surface area contributed by atoms with E-state index in [1.54, 1.807) is 26.8 Å². The Hall–Kier alpha value is -2.18. The van der Waals surface area contributed by atoms with Gasteiger partial charge in [-0.05, 0) is 33.3 Å². The number of Topliss-reactive ketones (excluding diaryl/α,β-unsaturated/α-hetero) is 1. The highest BCUT2D eigenvalue weighted by Crippen LogP contribution is 2.47. The molecule has 1 aromatic heterocycles. The Morgan fingerprint density at radius 2 is 2.19 bits per heavy atom. The van der Waals surface area contributed by atoms with Gasteiger partial charge in [0.2, 0.25) is 5.78 Å². The van der Waals surface area contributed by atoms with Crippen LogP contribution >= 0.6 is 0 Å². The molecule has 0 radical (unpaired) electrons. The van der Waals surface area contributed by atoms with E-state index in [2.05, 4.69) is 6.58 Å². The van der Waals surface area contributed by atoms with Gasteiger partial charge < -0.3 is 19.0 Å². The van der Waals surface area contributed by atoms with Gasteiger partial charge in [-0.3, -0.25) is 4.79 Å². The number of carbonyl (C=O) groups excluding carboxylic acids is 2. The molecule has 26 heavy (non-hydrogen) atoms. The summed E-state index contributed by atoms with van der Waals surface area (Å²) in [6, 6.07) is 0. The minimum Gasteiger partial charge on any atom is -0.460 e. The molecule has 4 atom stereocenters. The lowest BCUT2D eigenvalue weighted by Crippen LogP contribution is -2.31. The van der Waals surface area contributed by atoms with Gasteiger partial charge in [-0.25, -0.2) is 4.79 Å². The summed E-state index contributed by atoms with van der Waals surface area (Å²) < 4.78 is 16.7. The zero-order valence-corrected chi connectivity index (χ0v) is 15.5. The fourth-order valence-corrected chi connectivity index (χ4v) is 3.37. The largest absolute Gasteiger partial charge is 0.460 e. The third-order valence-corrected chi connectivity index (χ3v) is 5.31. The molecule has 0 amide bonds. The zero-order chi connectivity index (χ0) is 19.2. The predicted octanol–water partition coefficient (Wildman–Crippen LogP) is 3.19. The normalized spacial score (nSPS) is 31.9. The van der Waals surface area contributed by atoms with Crippen molar-refractivity contribution in [3.63, 3.8) is 0 Å². The summed E-state index contributed by atoms with van der Waals surface area (Å²) in [6.07, 6.45) is 1.85. The SMILES string of the molecule is C=C1C(=O)c2occ(C)c2[C@@H](O)C[C@H]2O[C@]2(C)C[C@H]1OC(=O)C(C)=CC. The van der Waals surface area contributed by atoms with Crippen molar-refractivity contribution in [1.82, 2.24) is 0 Å². The Bertz CT molecular complexity index is 801. The average molecular weight is 360 g/mol. The van der Waals surface area contributed by atoms with Crippen LogP contribution in [0.15, 0.2) is 34.5 Å². The van der Waals surface area contributed by atoms with Crippen LogP contribution in [0, 0.1) is 6.92 Å². The maximum atomic E-state index is 12.9. The molecular formula is C20H24O6. The van der Waals surface area contributed by atoms with E-state index in [1.807, 2.05) is 6.92 Å². The molecule has 1 aliphatic heterocycles. The van der Waals surface area contributed by atoms with Crippen LogP contribution < -0.4 is 0 Å². The first-order valence-corrected chi connectivity index (χ1v) is 8.69.